The van der Waals surface area contributed by atoms with Gasteiger partial charge in [-0.2, -0.15) is 0 Å². The highest BCUT2D eigenvalue weighted by Crippen LogP contribution is 2.28. The van der Waals surface area contributed by atoms with E-state index in [-0.39, 0.29) is 12.4 Å². The Morgan fingerprint density at radius 2 is 2.00 bits per heavy atom. The van der Waals surface area contributed by atoms with Crippen molar-refractivity contribution in [3.8, 4) is 5.75 Å². The third-order valence-electron chi connectivity index (χ3n) is 1.74. The highest BCUT2D eigenvalue weighted by atomic mass is 32.2. The molecule has 0 atom stereocenters. The number of phenols is 1. The molecule has 2 nitrogen and oxygen atoms in total. The molecule has 16 heavy (non-hydrogen) atoms. The molecule has 2 N–H and O–H groups in total. The molecule has 0 unspecified atom stereocenters. The van der Waals surface area contributed by atoms with Crippen LogP contribution in [0.3, 0.4) is 0 Å². The molecular formula is C13H14O2S. The van der Waals surface area contributed by atoms with Gasteiger partial charge in [-0.1, -0.05) is 30.5 Å². The molecule has 0 saturated carbocycles. The summed E-state index contributed by atoms with van der Waals surface area (Å²) in [6, 6.07) is 6.96. The number of thioether (sulfide) groups is 1. The predicted octanol–water partition coefficient (Wildman–Crippen LogP) is 3.10. The van der Waals surface area contributed by atoms with Gasteiger partial charge in [-0.15, -0.1) is 0 Å². The van der Waals surface area contributed by atoms with Gasteiger partial charge in [0.15, 0.2) is 0 Å². The predicted molar refractivity (Wildman–Crippen MR) is 68.5 cm³/mol. The zero-order chi connectivity index (χ0) is 11.8. The SMILES string of the molecule is C=C/C=C(\C=C/CO)Sc1ccc(O)cc1. The minimum Gasteiger partial charge on any atom is -0.508 e. The van der Waals surface area contributed by atoms with Crippen molar-refractivity contribution < 1.29 is 10.2 Å². The number of benzene rings is 1. The van der Waals surface area contributed by atoms with Gasteiger partial charge in [-0.05, 0) is 36.4 Å². The summed E-state index contributed by atoms with van der Waals surface area (Å²) in [6.07, 6.45) is 7.07. The van der Waals surface area contributed by atoms with Crippen molar-refractivity contribution in [2.45, 2.75) is 4.90 Å². The van der Waals surface area contributed by atoms with Crippen molar-refractivity contribution in [2.75, 3.05) is 6.61 Å². The Bertz CT molecular complexity index is 391. The van der Waals surface area contributed by atoms with E-state index < -0.39 is 0 Å². The number of rotatable bonds is 5. The quantitative estimate of drug-likeness (QED) is 0.607. The van der Waals surface area contributed by atoms with Gasteiger partial charge < -0.3 is 10.2 Å². The standard InChI is InChI=1S/C13H14O2S/c1-2-4-12(5-3-10-14)16-13-8-6-11(15)7-9-13/h2-9,14-15H,1,10H2/b5-3-,12-4+. The zero-order valence-electron chi connectivity index (χ0n) is 8.84. The van der Waals surface area contributed by atoms with Crippen LogP contribution in [0, 0.1) is 0 Å². The molecule has 0 aliphatic heterocycles. The summed E-state index contributed by atoms with van der Waals surface area (Å²) in [7, 11) is 0. The molecule has 1 aromatic carbocycles. The van der Waals surface area contributed by atoms with Gasteiger partial charge in [0.1, 0.15) is 5.75 Å². The highest BCUT2D eigenvalue weighted by molar-refractivity contribution is 8.03. The minimum atomic E-state index is 0.0185. The second kappa shape index (κ2) is 6.93. The number of aromatic hydroxyl groups is 1. The number of aliphatic hydroxyl groups is 1. The van der Waals surface area contributed by atoms with Crippen LogP contribution in [0.5, 0.6) is 5.75 Å². The van der Waals surface area contributed by atoms with E-state index in [9.17, 15) is 0 Å². The lowest BCUT2D eigenvalue weighted by Gasteiger charge is -2.01. The van der Waals surface area contributed by atoms with Gasteiger partial charge in [-0.25, -0.2) is 0 Å². The maximum absolute atomic E-state index is 9.15. The van der Waals surface area contributed by atoms with Gasteiger partial charge in [0.25, 0.3) is 0 Å². The third-order valence-corrected chi connectivity index (χ3v) is 2.76. The van der Waals surface area contributed by atoms with E-state index in [0.717, 1.165) is 9.80 Å². The number of hydrogen-bond acceptors (Lipinski definition) is 3. The van der Waals surface area contributed by atoms with E-state index >= 15 is 0 Å². The molecule has 0 fully saturated rings. The number of aliphatic hydroxyl groups excluding tert-OH is 1. The van der Waals surface area contributed by atoms with Crippen LogP contribution in [0.4, 0.5) is 0 Å². The molecule has 0 spiro atoms. The summed E-state index contributed by atoms with van der Waals surface area (Å²) in [5.41, 5.74) is 0. The Morgan fingerprint density at radius 3 is 2.56 bits per heavy atom. The Kier molecular flexibility index (Phi) is 5.46. The summed E-state index contributed by atoms with van der Waals surface area (Å²) in [5.74, 6) is 0.254. The van der Waals surface area contributed by atoms with Crippen molar-refractivity contribution in [3.05, 3.63) is 60.1 Å². The van der Waals surface area contributed by atoms with Gasteiger partial charge in [0, 0.05) is 9.80 Å². The van der Waals surface area contributed by atoms with Crippen LogP contribution in [-0.2, 0) is 0 Å². The van der Waals surface area contributed by atoms with Gasteiger partial charge in [-0.3, -0.25) is 0 Å². The van der Waals surface area contributed by atoms with Crippen LogP contribution in [-0.4, -0.2) is 16.8 Å². The van der Waals surface area contributed by atoms with E-state index in [2.05, 4.69) is 6.58 Å². The average Bonchev–Trinajstić information content (AvgIpc) is 2.29. The van der Waals surface area contributed by atoms with Gasteiger partial charge in [0.2, 0.25) is 0 Å². The maximum Gasteiger partial charge on any atom is 0.115 e. The summed E-state index contributed by atoms with van der Waals surface area (Å²) in [6.45, 7) is 3.66. The molecule has 3 heteroatoms. The van der Waals surface area contributed by atoms with E-state index in [1.807, 2.05) is 24.3 Å². The lowest BCUT2D eigenvalue weighted by atomic mass is 10.3. The Labute approximate surface area is 99.6 Å². The zero-order valence-corrected chi connectivity index (χ0v) is 9.65. The Morgan fingerprint density at radius 1 is 1.31 bits per heavy atom. The molecule has 0 amide bonds. The van der Waals surface area contributed by atoms with E-state index in [1.165, 1.54) is 0 Å². The van der Waals surface area contributed by atoms with E-state index in [4.69, 9.17) is 10.2 Å². The molecule has 84 valence electrons. The molecule has 1 rings (SSSR count). The third kappa shape index (κ3) is 4.38. The maximum atomic E-state index is 9.15. The minimum absolute atomic E-state index is 0.0185. The molecule has 0 aliphatic carbocycles. The second-order valence-electron chi connectivity index (χ2n) is 2.99. The Balaban J connectivity index is 2.75. The first-order valence-electron chi connectivity index (χ1n) is 4.83. The van der Waals surface area contributed by atoms with Crippen LogP contribution in [0.15, 0.2) is 64.9 Å². The van der Waals surface area contributed by atoms with Gasteiger partial charge >= 0.3 is 0 Å². The first-order valence-corrected chi connectivity index (χ1v) is 5.65. The molecule has 0 aromatic heterocycles. The average molecular weight is 234 g/mol. The molecule has 0 saturated heterocycles. The van der Waals surface area contributed by atoms with Crippen LogP contribution in [0.25, 0.3) is 0 Å². The van der Waals surface area contributed by atoms with Crippen molar-refractivity contribution in [1.82, 2.24) is 0 Å². The Hall–Kier alpha value is -1.45. The van der Waals surface area contributed by atoms with Crippen LogP contribution >= 0.6 is 11.8 Å². The van der Waals surface area contributed by atoms with Crippen molar-refractivity contribution in [1.29, 1.82) is 0 Å². The van der Waals surface area contributed by atoms with Crippen LogP contribution < -0.4 is 0 Å². The van der Waals surface area contributed by atoms with Crippen molar-refractivity contribution in [2.24, 2.45) is 0 Å². The monoisotopic (exact) mass is 234 g/mol. The molecule has 0 radical (unpaired) electrons. The lowest BCUT2D eigenvalue weighted by Crippen LogP contribution is -1.76. The molecule has 1 aromatic rings. The van der Waals surface area contributed by atoms with E-state index in [0.29, 0.717) is 0 Å². The highest BCUT2D eigenvalue weighted by Gasteiger charge is 1.97. The van der Waals surface area contributed by atoms with Crippen LogP contribution in [0.2, 0.25) is 0 Å². The summed E-state index contributed by atoms with van der Waals surface area (Å²) >= 11 is 1.54. The fourth-order valence-corrected chi connectivity index (χ4v) is 1.93. The second-order valence-corrected chi connectivity index (χ2v) is 4.13. The molecule has 0 bridgehead atoms. The summed E-state index contributed by atoms with van der Waals surface area (Å²) < 4.78 is 0. The van der Waals surface area contributed by atoms with Crippen molar-refractivity contribution in [3.63, 3.8) is 0 Å². The summed E-state index contributed by atoms with van der Waals surface area (Å²) in [5, 5.41) is 17.9. The number of phenolic OH excluding ortho intramolecular Hbond substituents is 1. The molecule has 0 heterocycles. The first kappa shape index (κ1) is 12.6. The lowest BCUT2D eigenvalue weighted by molar-refractivity contribution is 0.342. The molecular weight excluding hydrogens is 220 g/mol. The summed E-state index contributed by atoms with van der Waals surface area (Å²) in [4.78, 5) is 2.00. The van der Waals surface area contributed by atoms with Gasteiger partial charge in [0.05, 0.1) is 6.61 Å². The fourth-order valence-electron chi connectivity index (χ4n) is 1.06. The topological polar surface area (TPSA) is 40.5 Å². The largest absolute Gasteiger partial charge is 0.508 e. The van der Waals surface area contributed by atoms with Crippen molar-refractivity contribution >= 4 is 11.8 Å². The molecule has 0 aliphatic rings. The number of hydrogen-bond donors (Lipinski definition) is 2. The number of allylic oxidation sites excluding steroid dienone is 3. The normalized spacial score (nSPS) is 11.9. The first-order chi connectivity index (χ1) is 7.76. The fraction of sp³-hybridized carbons (Fsp3) is 0.0769. The van der Waals surface area contributed by atoms with Crippen LogP contribution in [0.1, 0.15) is 0 Å². The smallest absolute Gasteiger partial charge is 0.115 e. The van der Waals surface area contributed by atoms with E-state index in [1.54, 1.807) is 36.0 Å².